The van der Waals surface area contributed by atoms with E-state index < -0.39 is 11.9 Å². The van der Waals surface area contributed by atoms with Gasteiger partial charge in [-0.2, -0.15) is 0 Å². The summed E-state index contributed by atoms with van der Waals surface area (Å²) in [5.41, 5.74) is 2.31. The zero-order chi connectivity index (χ0) is 18.1. The summed E-state index contributed by atoms with van der Waals surface area (Å²) >= 11 is 0. The van der Waals surface area contributed by atoms with Gasteiger partial charge in [-0.25, -0.2) is 4.79 Å². The number of hydrogen-bond donors (Lipinski definition) is 2. The molecule has 0 saturated carbocycles. The summed E-state index contributed by atoms with van der Waals surface area (Å²) in [5, 5.41) is 11.9. The van der Waals surface area contributed by atoms with Gasteiger partial charge >= 0.3 is 5.97 Å². The van der Waals surface area contributed by atoms with Gasteiger partial charge in [-0.15, -0.1) is 0 Å². The van der Waals surface area contributed by atoms with Crippen LogP contribution < -0.4 is 10.1 Å². The summed E-state index contributed by atoms with van der Waals surface area (Å²) in [6, 6.07) is 21.0. The number of ether oxygens (including phenoxy) is 1. The van der Waals surface area contributed by atoms with Crippen LogP contribution in [0.1, 0.15) is 27.4 Å². The summed E-state index contributed by atoms with van der Waals surface area (Å²) in [6.07, 6.45) is 0. The van der Waals surface area contributed by atoms with E-state index in [1.165, 1.54) is 12.1 Å². The van der Waals surface area contributed by atoms with Gasteiger partial charge in [0.15, 0.2) is 0 Å². The van der Waals surface area contributed by atoms with Crippen molar-refractivity contribution < 1.29 is 19.4 Å². The van der Waals surface area contributed by atoms with Crippen LogP contribution in [0.2, 0.25) is 0 Å². The lowest BCUT2D eigenvalue weighted by Gasteiger charge is -2.27. The highest BCUT2D eigenvalue weighted by Crippen LogP contribution is 2.44. The Morgan fingerprint density at radius 1 is 0.808 bits per heavy atom. The fourth-order valence-corrected chi connectivity index (χ4v) is 3.10. The van der Waals surface area contributed by atoms with E-state index in [9.17, 15) is 9.59 Å². The first-order chi connectivity index (χ1) is 12.6. The van der Waals surface area contributed by atoms with E-state index in [4.69, 9.17) is 9.84 Å². The van der Waals surface area contributed by atoms with Gasteiger partial charge < -0.3 is 15.2 Å². The molecule has 1 aliphatic rings. The highest BCUT2D eigenvalue weighted by molar-refractivity contribution is 6.00. The molecule has 26 heavy (non-hydrogen) atoms. The Bertz CT molecular complexity index is 949. The molecule has 0 aliphatic carbocycles. The number of nitrogens with one attached hydrogen (secondary N) is 1. The maximum atomic E-state index is 13.0. The van der Waals surface area contributed by atoms with Crippen LogP contribution in [-0.2, 0) is 4.79 Å². The number of amides is 1. The molecule has 0 aromatic heterocycles. The van der Waals surface area contributed by atoms with Gasteiger partial charge in [-0.05, 0) is 36.4 Å². The van der Waals surface area contributed by atoms with Crippen LogP contribution in [0.3, 0.4) is 0 Å². The average molecular weight is 345 g/mol. The summed E-state index contributed by atoms with van der Waals surface area (Å²) < 4.78 is 5.90. The van der Waals surface area contributed by atoms with Crippen molar-refractivity contribution >= 4 is 17.6 Å². The van der Waals surface area contributed by atoms with E-state index >= 15 is 0 Å². The minimum atomic E-state index is -1.00. The lowest BCUT2D eigenvalue weighted by molar-refractivity contribution is -0.116. The first kappa shape index (κ1) is 15.9. The molecule has 3 aromatic rings. The van der Waals surface area contributed by atoms with Gasteiger partial charge in [0.25, 0.3) is 0 Å². The zero-order valence-electron chi connectivity index (χ0n) is 13.7. The fourth-order valence-electron chi connectivity index (χ4n) is 3.10. The number of carbonyl (C=O) groups is 2. The Labute approximate surface area is 149 Å². The largest absolute Gasteiger partial charge is 0.478 e. The summed E-state index contributed by atoms with van der Waals surface area (Å²) in [5.74, 6) is -0.387. The van der Waals surface area contributed by atoms with Gasteiger partial charge in [-0.1, -0.05) is 36.4 Å². The maximum Gasteiger partial charge on any atom is 0.335 e. The molecule has 0 atom stereocenters. The Morgan fingerprint density at radius 3 is 1.88 bits per heavy atom. The SMILES string of the molecule is O=C(O)c1ccc(NC(=O)C2c3ccccc3Oc3ccccc32)cc1. The molecular weight excluding hydrogens is 330 g/mol. The highest BCUT2D eigenvalue weighted by Gasteiger charge is 2.32. The van der Waals surface area contributed by atoms with Crippen LogP contribution in [0, 0.1) is 0 Å². The molecule has 1 aliphatic heterocycles. The Balaban J connectivity index is 1.68. The average Bonchev–Trinajstić information content (AvgIpc) is 2.66. The van der Waals surface area contributed by atoms with Gasteiger partial charge in [-0.3, -0.25) is 4.79 Å². The number of aromatic carboxylic acids is 1. The molecule has 0 fully saturated rings. The van der Waals surface area contributed by atoms with E-state index in [1.807, 2.05) is 48.5 Å². The number of fused-ring (bicyclic) bond motifs is 2. The number of rotatable bonds is 3. The highest BCUT2D eigenvalue weighted by atomic mass is 16.5. The maximum absolute atomic E-state index is 13.0. The van der Waals surface area contributed by atoms with Gasteiger partial charge in [0, 0.05) is 16.8 Å². The second kappa shape index (κ2) is 6.37. The van der Waals surface area contributed by atoms with E-state index in [0.29, 0.717) is 17.2 Å². The third-order valence-corrected chi connectivity index (χ3v) is 4.34. The predicted molar refractivity (Wildman–Crippen MR) is 96.8 cm³/mol. The summed E-state index contributed by atoms with van der Waals surface area (Å²) in [7, 11) is 0. The van der Waals surface area contributed by atoms with Crippen LogP contribution >= 0.6 is 0 Å². The number of carboxylic acid groups (broad SMARTS) is 1. The molecule has 1 heterocycles. The van der Waals surface area contributed by atoms with Crippen molar-refractivity contribution in [3.05, 3.63) is 89.5 Å². The van der Waals surface area contributed by atoms with Crippen molar-refractivity contribution in [3.63, 3.8) is 0 Å². The minimum absolute atomic E-state index is 0.171. The molecular formula is C21H15NO4. The Hall–Kier alpha value is -3.60. The summed E-state index contributed by atoms with van der Waals surface area (Å²) in [4.78, 5) is 24.0. The zero-order valence-corrected chi connectivity index (χ0v) is 13.7. The molecule has 1 amide bonds. The van der Waals surface area contributed by atoms with Crippen LogP contribution in [0.15, 0.2) is 72.8 Å². The third kappa shape index (κ3) is 2.80. The molecule has 5 nitrogen and oxygen atoms in total. The smallest absolute Gasteiger partial charge is 0.335 e. The Morgan fingerprint density at radius 2 is 1.35 bits per heavy atom. The molecule has 0 saturated heterocycles. The van der Waals surface area contributed by atoms with Gasteiger partial charge in [0.1, 0.15) is 11.5 Å². The van der Waals surface area contributed by atoms with Crippen molar-refractivity contribution in [1.82, 2.24) is 0 Å². The van der Waals surface area contributed by atoms with E-state index in [0.717, 1.165) is 11.1 Å². The molecule has 0 unspecified atom stereocenters. The van der Waals surface area contributed by atoms with Crippen molar-refractivity contribution in [2.24, 2.45) is 0 Å². The van der Waals surface area contributed by atoms with Crippen molar-refractivity contribution in [1.29, 1.82) is 0 Å². The minimum Gasteiger partial charge on any atom is -0.478 e. The number of carboxylic acids is 1. The van der Waals surface area contributed by atoms with E-state index in [2.05, 4.69) is 5.32 Å². The second-order valence-electron chi connectivity index (χ2n) is 5.98. The van der Waals surface area contributed by atoms with Gasteiger partial charge in [0.2, 0.25) is 5.91 Å². The number of carbonyl (C=O) groups excluding carboxylic acids is 1. The van der Waals surface area contributed by atoms with Gasteiger partial charge in [0.05, 0.1) is 11.5 Å². The molecule has 3 aromatic carbocycles. The van der Waals surface area contributed by atoms with E-state index in [1.54, 1.807) is 12.1 Å². The van der Waals surface area contributed by atoms with Crippen molar-refractivity contribution in [2.75, 3.05) is 5.32 Å². The second-order valence-corrected chi connectivity index (χ2v) is 5.98. The standard InChI is InChI=1S/C21H15NO4/c23-20(22-14-11-9-13(10-12-14)21(24)25)19-15-5-1-3-7-17(15)26-18-8-4-2-6-16(18)19/h1-12,19H,(H,22,23)(H,24,25). The number of benzene rings is 3. The third-order valence-electron chi connectivity index (χ3n) is 4.34. The van der Waals surface area contributed by atoms with Crippen LogP contribution in [0.25, 0.3) is 0 Å². The van der Waals surface area contributed by atoms with Crippen LogP contribution in [-0.4, -0.2) is 17.0 Å². The normalized spacial score (nSPS) is 12.5. The fraction of sp³-hybridized carbons (Fsp3) is 0.0476. The topological polar surface area (TPSA) is 75.6 Å². The quantitative estimate of drug-likeness (QED) is 0.744. The lowest BCUT2D eigenvalue weighted by Crippen LogP contribution is -2.25. The first-order valence-electron chi connectivity index (χ1n) is 8.13. The molecule has 0 bridgehead atoms. The predicted octanol–water partition coefficient (Wildman–Crippen LogP) is 4.26. The summed E-state index contributed by atoms with van der Waals surface area (Å²) in [6.45, 7) is 0. The molecule has 2 N–H and O–H groups in total. The number of para-hydroxylation sites is 2. The van der Waals surface area contributed by atoms with Crippen LogP contribution in [0.5, 0.6) is 11.5 Å². The first-order valence-corrected chi connectivity index (χ1v) is 8.13. The van der Waals surface area contributed by atoms with Crippen molar-refractivity contribution in [3.8, 4) is 11.5 Å². The van der Waals surface area contributed by atoms with Crippen molar-refractivity contribution in [2.45, 2.75) is 5.92 Å². The Kier molecular flexibility index (Phi) is 3.89. The van der Waals surface area contributed by atoms with E-state index in [-0.39, 0.29) is 11.5 Å². The van der Waals surface area contributed by atoms with Crippen LogP contribution in [0.4, 0.5) is 5.69 Å². The number of hydrogen-bond acceptors (Lipinski definition) is 3. The number of anilines is 1. The molecule has 4 rings (SSSR count). The molecule has 0 radical (unpaired) electrons. The lowest BCUT2D eigenvalue weighted by atomic mass is 9.87. The molecule has 5 heteroatoms. The molecule has 128 valence electrons. The molecule has 0 spiro atoms. The monoisotopic (exact) mass is 345 g/mol.